The maximum absolute atomic E-state index is 11.4. The van der Waals surface area contributed by atoms with E-state index in [1.807, 2.05) is 6.92 Å². The summed E-state index contributed by atoms with van der Waals surface area (Å²) in [6.45, 7) is 2.14. The van der Waals surface area contributed by atoms with Crippen LogP contribution in [0.25, 0.3) is 0 Å². The lowest BCUT2D eigenvalue weighted by Crippen LogP contribution is -2.28. The van der Waals surface area contributed by atoms with Gasteiger partial charge in [-0.25, -0.2) is 17.9 Å². The van der Waals surface area contributed by atoms with Crippen molar-refractivity contribution < 1.29 is 18.3 Å². The molecule has 0 unspecified atom stereocenters. The van der Waals surface area contributed by atoms with Gasteiger partial charge in [0.05, 0.1) is 11.3 Å². The Hall–Kier alpha value is -1.40. The Labute approximate surface area is 107 Å². The zero-order valence-electron chi connectivity index (χ0n) is 10.2. The van der Waals surface area contributed by atoms with Crippen molar-refractivity contribution in [2.24, 2.45) is 0 Å². The number of hydrogen-bond donors (Lipinski definition) is 2. The summed E-state index contributed by atoms with van der Waals surface area (Å²) in [5.41, 5.74) is 1.13. The molecule has 100 valence electrons. The van der Waals surface area contributed by atoms with Crippen LogP contribution in [0.4, 0.5) is 0 Å². The van der Waals surface area contributed by atoms with Crippen LogP contribution < -0.4 is 4.72 Å². The molecule has 0 amide bonds. The third-order valence-electron chi connectivity index (χ3n) is 2.41. The number of aromatic carboxylic acids is 1. The molecule has 0 fully saturated rings. The van der Waals surface area contributed by atoms with E-state index >= 15 is 0 Å². The Morgan fingerprint density at radius 1 is 1.28 bits per heavy atom. The molecule has 1 aromatic rings. The first-order chi connectivity index (χ1) is 8.44. The fourth-order valence-corrected chi connectivity index (χ4v) is 2.60. The van der Waals surface area contributed by atoms with E-state index in [0.29, 0.717) is 19.4 Å². The highest BCUT2D eigenvalue weighted by Crippen LogP contribution is 2.05. The van der Waals surface area contributed by atoms with Crippen molar-refractivity contribution in [3.63, 3.8) is 0 Å². The molecule has 2 N–H and O–H groups in total. The summed E-state index contributed by atoms with van der Waals surface area (Å²) in [6, 6.07) is 6.41. The number of hydrogen-bond acceptors (Lipinski definition) is 3. The molecule has 0 saturated heterocycles. The van der Waals surface area contributed by atoms with Gasteiger partial charge in [-0.1, -0.05) is 19.1 Å². The molecule has 0 aliphatic heterocycles. The van der Waals surface area contributed by atoms with Crippen LogP contribution in [0.2, 0.25) is 0 Å². The molecule has 0 spiro atoms. The second-order valence-corrected chi connectivity index (χ2v) is 5.89. The molecule has 18 heavy (non-hydrogen) atoms. The molecule has 0 radical (unpaired) electrons. The van der Waals surface area contributed by atoms with Crippen LogP contribution in [-0.4, -0.2) is 31.8 Å². The van der Waals surface area contributed by atoms with Gasteiger partial charge in [0.25, 0.3) is 0 Å². The molecule has 0 saturated carbocycles. The van der Waals surface area contributed by atoms with Gasteiger partial charge in [-0.3, -0.25) is 0 Å². The van der Waals surface area contributed by atoms with Gasteiger partial charge in [-0.2, -0.15) is 0 Å². The highest BCUT2D eigenvalue weighted by molar-refractivity contribution is 7.89. The van der Waals surface area contributed by atoms with E-state index in [1.165, 1.54) is 12.1 Å². The van der Waals surface area contributed by atoms with E-state index < -0.39 is 16.0 Å². The molecule has 1 rings (SSSR count). The van der Waals surface area contributed by atoms with E-state index in [0.717, 1.165) is 5.56 Å². The third kappa shape index (κ3) is 4.85. The van der Waals surface area contributed by atoms with Crippen LogP contribution in [0.1, 0.15) is 29.3 Å². The highest BCUT2D eigenvalue weighted by Gasteiger charge is 2.07. The van der Waals surface area contributed by atoms with Crippen molar-refractivity contribution in [3.8, 4) is 0 Å². The number of carbonyl (C=O) groups is 1. The maximum Gasteiger partial charge on any atom is 0.335 e. The SMILES string of the molecule is CCCS(=O)(=O)NCCc1ccc(C(=O)O)cc1. The van der Waals surface area contributed by atoms with Crippen LogP contribution in [0.3, 0.4) is 0 Å². The second-order valence-electron chi connectivity index (χ2n) is 3.97. The average molecular weight is 271 g/mol. The zero-order valence-corrected chi connectivity index (χ0v) is 11.0. The molecular formula is C12H17NO4S. The van der Waals surface area contributed by atoms with Gasteiger partial charge in [0.2, 0.25) is 10.0 Å². The Morgan fingerprint density at radius 2 is 1.89 bits per heavy atom. The van der Waals surface area contributed by atoms with Crippen molar-refractivity contribution in [1.82, 2.24) is 4.72 Å². The van der Waals surface area contributed by atoms with Crippen LogP contribution in [0.15, 0.2) is 24.3 Å². The van der Waals surface area contributed by atoms with Crippen molar-refractivity contribution in [1.29, 1.82) is 0 Å². The molecule has 0 aliphatic carbocycles. The molecule has 5 nitrogen and oxygen atoms in total. The number of rotatable bonds is 7. The zero-order chi connectivity index (χ0) is 13.6. The molecule has 6 heteroatoms. The summed E-state index contributed by atoms with van der Waals surface area (Å²) in [5.74, 6) is -0.837. The smallest absolute Gasteiger partial charge is 0.335 e. The highest BCUT2D eigenvalue weighted by atomic mass is 32.2. The lowest BCUT2D eigenvalue weighted by molar-refractivity contribution is 0.0697. The van der Waals surface area contributed by atoms with E-state index in [1.54, 1.807) is 12.1 Å². The van der Waals surface area contributed by atoms with E-state index in [4.69, 9.17) is 5.11 Å². The molecule has 0 aliphatic rings. The van der Waals surface area contributed by atoms with E-state index in [9.17, 15) is 13.2 Å². The predicted octanol–water partition coefficient (Wildman–Crippen LogP) is 1.26. The quantitative estimate of drug-likeness (QED) is 0.782. The van der Waals surface area contributed by atoms with Crippen LogP contribution >= 0.6 is 0 Å². The monoisotopic (exact) mass is 271 g/mol. The molecule has 0 atom stereocenters. The normalized spacial score (nSPS) is 11.4. The predicted molar refractivity (Wildman–Crippen MR) is 69.2 cm³/mol. The van der Waals surface area contributed by atoms with Gasteiger partial charge >= 0.3 is 5.97 Å². The second kappa shape index (κ2) is 6.51. The number of benzene rings is 1. The Morgan fingerprint density at radius 3 is 2.39 bits per heavy atom. The fourth-order valence-electron chi connectivity index (χ4n) is 1.51. The number of carboxylic acids is 1. The first kappa shape index (κ1) is 14.7. The summed E-state index contributed by atoms with van der Waals surface area (Å²) >= 11 is 0. The maximum atomic E-state index is 11.4. The van der Waals surface area contributed by atoms with Gasteiger partial charge in [0.1, 0.15) is 0 Å². The molecule has 0 heterocycles. The molecule has 0 aromatic heterocycles. The Balaban J connectivity index is 2.47. The minimum Gasteiger partial charge on any atom is -0.478 e. The lowest BCUT2D eigenvalue weighted by Gasteiger charge is -2.05. The van der Waals surface area contributed by atoms with Crippen molar-refractivity contribution in [3.05, 3.63) is 35.4 Å². The summed E-state index contributed by atoms with van der Waals surface area (Å²) in [4.78, 5) is 10.6. The van der Waals surface area contributed by atoms with Crippen molar-refractivity contribution >= 4 is 16.0 Å². The molecule has 1 aromatic carbocycles. The largest absolute Gasteiger partial charge is 0.478 e. The first-order valence-corrected chi connectivity index (χ1v) is 7.39. The minimum absolute atomic E-state index is 0.130. The Kier molecular flexibility index (Phi) is 5.30. The lowest BCUT2D eigenvalue weighted by atomic mass is 10.1. The summed E-state index contributed by atoms with van der Waals surface area (Å²) in [6.07, 6.45) is 1.13. The van der Waals surface area contributed by atoms with Gasteiger partial charge in [-0.15, -0.1) is 0 Å². The Bertz CT molecular complexity index is 493. The van der Waals surface area contributed by atoms with Crippen LogP contribution in [-0.2, 0) is 16.4 Å². The summed E-state index contributed by atoms with van der Waals surface area (Å²) in [7, 11) is -3.17. The first-order valence-electron chi connectivity index (χ1n) is 5.74. The molecule has 0 bridgehead atoms. The van der Waals surface area contributed by atoms with Crippen LogP contribution in [0, 0.1) is 0 Å². The van der Waals surface area contributed by atoms with Crippen molar-refractivity contribution in [2.75, 3.05) is 12.3 Å². The number of nitrogens with one attached hydrogen (secondary N) is 1. The minimum atomic E-state index is -3.17. The van der Waals surface area contributed by atoms with Crippen LogP contribution in [0.5, 0.6) is 0 Å². The van der Waals surface area contributed by atoms with Gasteiger partial charge in [0, 0.05) is 6.54 Å². The topological polar surface area (TPSA) is 83.5 Å². The van der Waals surface area contributed by atoms with E-state index in [-0.39, 0.29) is 11.3 Å². The van der Waals surface area contributed by atoms with Crippen molar-refractivity contribution in [2.45, 2.75) is 19.8 Å². The van der Waals surface area contributed by atoms with Gasteiger partial charge in [0.15, 0.2) is 0 Å². The fraction of sp³-hybridized carbons (Fsp3) is 0.417. The molecular weight excluding hydrogens is 254 g/mol. The standard InChI is InChI=1S/C12H17NO4S/c1-2-9-18(16,17)13-8-7-10-3-5-11(6-4-10)12(14)15/h3-6,13H,2,7-9H2,1H3,(H,14,15). The summed E-state index contributed by atoms with van der Waals surface area (Å²) < 4.78 is 25.3. The van der Waals surface area contributed by atoms with E-state index in [2.05, 4.69) is 4.72 Å². The number of carboxylic acid groups (broad SMARTS) is 1. The third-order valence-corrected chi connectivity index (χ3v) is 4.00. The van der Waals surface area contributed by atoms with Gasteiger partial charge in [-0.05, 0) is 30.5 Å². The van der Waals surface area contributed by atoms with Gasteiger partial charge < -0.3 is 5.11 Å². The average Bonchev–Trinajstić information content (AvgIpc) is 2.29. The number of sulfonamides is 1. The summed E-state index contributed by atoms with van der Waals surface area (Å²) in [5, 5.41) is 8.73.